The number of nitrogens with zero attached hydrogens (tertiary/aromatic N) is 3. The summed E-state index contributed by atoms with van der Waals surface area (Å²) >= 11 is 0. The molecule has 2 aliphatic rings. The third-order valence-corrected chi connectivity index (χ3v) is 4.17. The SMILES string of the molecule is Nc1ccc2oc(N3CCN4C(=O)CCC4C3)nc2c1. The van der Waals surface area contributed by atoms with E-state index >= 15 is 0 Å². The fourth-order valence-corrected chi connectivity index (χ4v) is 3.11. The van der Waals surface area contributed by atoms with Crippen LogP contribution in [-0.2, 0) is 4.79 Å². The molecular formula is C14H16N4O2. The zero-order valence-corrected chi connectivity index (χ0v) is 11.1. The maximum atomic E-state index is 11.7. The molecule has 2 fully saturated rings. The Kier molecular flexibility index (Phi) is 2.39. The molecular weight excluding hydrogens is 256 g/mol. The van der Waals surface area contributed by atoms with Gasteiger partial charge < -0.3 is 20.0 Å². The van der Waals surface area contributed by atoms with Crippen LogP contribution in [0, 0.1) is 0 Å². The second kappa shape index (κ2) is 4.13. The molecule has 1 aromatic heterocycles. The van der Waals surface area contributed by atoms with Crippen molar-refractivity contribution >= 4 is 28.7 Å². The van der Waals surface area contributed by atoms with Gasteiger partial charge in [0, 0.05) is 37.8 Å². The van der Waals surface area contributed by atoms with Gasteiger partial charge in [0.1, 0.15) is 5.52 Å². The summed E-state index contributed by atoms with van der Waals surface area (Å²) in [6.45, 7) is 2.32. The summed E-state index contributed by atoms with van der Waals surface area (Å²) in [6, 6.07) is 6.40. The van der Waals surface area contributed by atoms with Crippen molar-refractivity contribution in [2.24, 2.45) is 0 Å². The number of amides is 1. The standard InChI is InChI=1S/C14H16N4O2/c15-9-1-3-12-11(7-9)16-14(20-12)17-5-6-18-10(8-17)2-4-13(18)19/h1,3,7,10H,2,4-6,8,15H2. The van der Waals surface area contributed by atoms with Crippen LogP contribution in [0.4, 0.5) is 11.7 Å². The van der Waals surface area contributed by atoms with E-state index in [0.29, 0.717) is 24.2 Å². The Morgan fingerprint density at radius 2 is 2.25 bits per heavy atom. The van der Waals surface area contributed by atoms with Crippen molar-refractivity contribution in [3.63, 3.8) is 0 Å². The molecule has 1 aromatic carbocycles. The van der Waals surface area contributed by atoms with Gasteiger partial charge in [-0.3, -0.25) is 4.79 Å². The van der Waals surface area contributed by atoms with Gasteiger partial charge in [0.25, 0.3) is 6.01 Å². The maximum Gasteiger partial charge on any atom is 0.298 e. The van der Waals surface area contributed by atoms with Crippen molar-refractivity contribution in [2.45, 2.75) is 18.9 Å². The molecule has 20 heavy (non-hydrogen) atoms. The van der Waals surface area contributed by atoms with E-state index in [2.05, 4.69) is 9.88 Å². The number of carbonyl (C=O) groups is 1. The first kappa shape index (κ1) is 11.6. The van der Waals surface area contributed by atoms with E-state index in [0.717, 1.165) is 37.2 Å². The molecule has 0 saturated carbocycles. The highest BCUT2D eigenvalue weighted by molar-refractivity contribution is 5.80. The van der Waals surface area contributed by atoms with E-state index in [9.17, 15) is 4.79 Å². The third-order valence-electron chi connectivity index (χ3n) is 4.17. The van der Waals surface area contributed by atoms with Crippen LogP contribution < -0.4 is 10.6 Å². The lowest BCUT2D eigenvalue weighted by atomic mass is 10.2. The minimum absolute atomic E-state index is 0.278. The Hall–Kier alpha value is -2.24. The molecule has 6 heteroatoms. The van der Waals surface area contributed by atoms with E-state index in [-0.39, 0.29) is 5.91 Å². The van der Waals surface area contributed by atoms with Crippen LogP contribution in [0.25, 0.3) is 11.1 Å². The lowest BCUT2D eigenvalue weighted by molar-refractivity contribution is -0.129. The zero-order chi connectivity index (χ0) is 13.7. The molecule has 2 saturated heterocycles. The Labute approximate surface area is 116 Å². The van der Waals surface area contributed by atoms with Crippen molar-refractivity contribution < 1.29 is 9.21 Å². The van der Waals surface area contributed by atoms with Crippen LogP contribution in [0.5, 0.6) is 0 Å². The van der Waals surface area contributed by atoms with Crippen molar-refractivity contribution in [3.05, 3.63) is 18.2 Å². The van der Waals surface area contributed by atoms with E-state index < -0.39 is 0 Å². The van der Waals surface area contributed by atoms with E-state index in [1.54, 1.807) is 0 Å². The van der Waals surface area contributed by atoms with Gasteiger partial charge >= 0.3 is 0 Å². The molecule has 2 aromatic rings. The number of carbonyl (C=O) groups excluding carboxylic acids is 1. The molecule has 4 rings (SSSR count). The third kappa shape index (κ3) is 1.71. The lowest BCUT2D eigenvalue weighted by Crippen LogP contribution is -2.51. The Bertz CT molecular complexity index is 681. The van der Waals surface area contributed by atoms with Crippen LogP contribution in [0.2, 0.25) is 0 Å². The number of piperazine rings is 1. The summed E-state index contributed by atoms with van der Waals surface area (Å²) in [5.41, 5.74) is 7.97. The molecule has 0 bridgehead atoms. The predicted octanol–water partition coefficient (Wildman–Crippen LogP) is 1.22. The Balaban J connectivity index is 1.62. The largest absolute Gasteiger partial charge is 0.423 e. The molecule has 0 aliphatic carbocycles. The first-order valence-corrected chi connectivity index (χ1v) is 6.91. The number of nitrogen functional groups attached to an aromatic ring is 1. The minimum Gasteiger partial charge on any atom is -0.423 e. The van der Waals surface area contributed by atoms with Gasteiger partial charge in [0.2, 0.25) is 5.91 Å². The van der Waals surface area contributed by atoms with Gasteiger partial charge in [-0.1, -0.05) is 0 Å². The van der Waals surface area contributed by atoms with E-state index in [1.807, 2.05) is 23.1 Å². The van der Waals surface area contributed by atoms with E-state index in [1.165, 1.54) is 0 Å². The summed E-state index contributed by atoms with van der Waals surface area (Å²) in [4.78, 5) is 20.3. The number of aromatic nitrogens is 1. The highest BCUT2D eigenvalue weighted by Gasteiger charge is 2.36. The number of hydrogen-bond acceptors (Lipinski definition) is 5. The second-order valence-electron chi connectivity index (χ2n) is 5.45. The molecule has 1 amide bonds. The smallest absolute Gasteiger partial charge is 0.298 e. The Morgan fingerprint density at radius 1 is 1.35 bits per heavy atom. The first-order valence-electron chi connectivity index (χ1n) is 6.91. The highest BCUT2D eigenvalue weighted by Crippen LogP contribution is 2.28. The fourth-order valence-electron chi connectivity index (χ4n) is 3.11. The Morgan fingerprint density at radius 3 is 3.15 bits per heavy atom. The van der Waals surface area contributed by atoms with Gasteiger partial charge in [0.15, 0.2) is 5.58 Å². The first-order chi connectivity index (χ1) is 9.70. The van der Waals surface area contributed by atoms with Crippen LogP contribution in [0.1, 0.15) is 12.8 Å². The zero-order valence-electron chi connectivity index (χ0n) is 11.1. The predicted molar refractivity (Wildman–Crippen MR) is 75.4 cm³/mol. The number of nitrogens with two attached hydrogens (primary N) is 1. The number of anilines is 2. The number of oxazole rings is 1. The fraction of sp³-hybridized carbons (Fsp3) is 0.429. The number of hydrogen-bond donors (Lipinski definition) is 1. The quantitative estimate of drug-likeness (QED) is 0.790. The van der Waals surface area contributed by atoms with Crippen molar-refractivity contribution in [3.8, 4) is 0 Å². The van der Waals surface area contributed by atoms with Gasteiger partial charge in [0.05, 0.1) is 0 Å². The molecule has 0 spiro atoms. The van der Waals surface area contributed by atoms with Gasteiger partial charge in [-0.25, -0.2) is 0 Å². The maximum absolute atomic E-state index is 11.7. The molecule has 1 unspecified atom stereocenters. The van der Waals surface area contributed by atoms with Gasteiger partial charge in [-0.05, 0) is 24.6 Å². The summed E-state index contributed by atoms with van der Waals surface area (Å²) < 4.78 is 5.79. The minimum atomic E-state index is 0.278. The number of benzene rings is 1. The summed E-state index contributed by atoms with van der Waals surface area (Å²) in [6.07, 6.45) is 1.60. The normalized spacial score (nSPS) is 22.6. The van der Waals surface area contributed by atoms with Crippen LogP contribution in [0.3, 0.4) is 0 Å². The van der Waals surface area contributed by atoms with Crippen LogP contribution in [0.15, 0.2) is 22.6 Å². The summed E-state index contributed by atoms with van der Waals surface area (Å²) in [7, 11) is 0. The van der Waals surface area contributed by atoms with Gasteiger partial charge in [-0.2, -0.15) is 4.98 Å². The lowest BCUT2D eigenvalue weighted by Gasteiger charge is -2.36. The molecule has 1 atom stereocenters. The molecule has 2 aliphatic heterocycles. The highest BCUT2D eigenvalue weighted by atomic mass is 16.4. The van der Waals surface area contributed by atoms with Gasteiger partial charge in [-0.15, -0.1) is 0 Å². The molecule has 3 heterocycles. The summed E-state index contributed by atoms with van der Waals surface area (Å²) in [5.74, 6) is 0.278. The number of fused-ring (bicyclic) bond motifs is 2. The van der Waals surface area contributed by atoms with Crippen LogP contribution in [-0.4, -0.2) is 41.5 Å². The molecule has 104 valence electrons. The monoisotopic (exact) mass is 272 g/mol. The van der Waals surface area contributed by atoms with Crippen molar-refractivity contribution in [1.29, 1.82) is 0 Å². The average molecular weight is 272 g/mol. The molecule has 6 nitrogen and oxygen atoms in total. The van der Waals surface area contributed by atoms with Crippen LogP contribution >= 0.6 is 0 Å². The molecule has 2 N–H and O–H groups in total. The van der Waals surface area contributed by atoms with Crippen molar-refractivity contribution in [1.82, 2.24) is 9.88 Å². The number of rotatable bonds is 1. The average Bonchev–Trinajstić information content (AvgIpc) is 3.02. The summed E-state index contributed by atoms with van der Waals surface area (Å²) in [5, 5.41) is 0. The van der Waals surface area contributed by atoms with Crippen molar-refractivity contribution in [2.75, 3.05) is 30.3 Å². The second-order valence-corrected chi connectivity index (χ2v) is 5.45. The molecule has 0 radical (unpaired) electrons. The topological polar surface area (TPSA) is 75.6 Å². The van der Waals surface area contributed by atoms with E-state index in [4.69, 9.17) is 10.2 Å².